The van der Waals surface area contributed by atoms with Crippen molar-refractivity contribution in [2.45, 2.75) is 125 Å². The third-order valence-corrected chi connectivity index (χ3v) is 14.3. The van der Waals surface area contributed by atoms with Gasteiger partial charge in [-0.05, 0) is 96.3 Å². The quantitative estimate of drug-likeness (QED) is 0.372. The molecule has 4 saturated carbocycles. The van der Waals surface area contributed by atoms with Crippen LogP contribution in [-0.4, -0.2) is 22.9 Å². The van der Waals surface area contributed by atoms with E-state index in [1.807, 2.05) is 18.2 Å². The van der Waals surface area contributed by atoms with E-state index >= 15 is 0 Å². The van der Waals surface area contributed by atoms with Gasteiger partial charge in [-0.2, -0.15) is 0 Å². The van der Waals surface area contributed by atoms with Crippen LogP contribution in [0, 0.1) is 44.3 Å². The highest BCUT2D eigenvalue weighted by molar-refractivity contribution is 5.88. The summed E-state index contributed by atoms with van der Waals surface area (Å²) in [5.41, 5.74) is 3.20. The Hall–Kier alpha value is -1.94. The highest BCUT2D eigenvalue weighted by Crippen LogP contribution is 2.74. The third kappa shape index (κ3) is 4.01. The Labute approximate surface area is 248 Å². The second-order valence-corrected chi connectivity index (χ2v) is 16.7. The number of Topliss-reactive ketones (excluding diaryl/α,β-unsaturated/α-hetero) is 1. The maximum Gasteiger partial charge on any atom is 0.226 e. The van der Waals surface area contributed by atoms with E-state index in [9.17, 15) is 14.7 Å². The summed E-state index contributed by atoms with van der Waals surface area (Å²) in [4.78, 5) is 28.3. The van der Waals surface area contributed by atoms with E-state index in [1.54, 1.807) is 0 Å². The van der Waals surface area contributed by atoms with E-state index < -0.39 is 5.41 Å². The molecule has 1 aromatic carbocycles. The van der Waals surface area contributed by atoms with E-state index in [0.29, 0.717) is 24.7 Å². The van der Waals surface area contributed by atoms with Gasteiger partial charge in [-0.15, -0.1) is 0 Å². The van der Waals surface area contributed by atoms with Crippen molar-refractivity contribution in [3.63, 3.8) is 0 Å². The molecule has 224 valence electrons. The van der Waals surface area contributed by atoms with Crippen LogP contribution >= 0.6 is 0 Å². The molecule has 1 unspecified atom stereocenters. The van der Waals surface area contributed by atoms with Crippen LogP contribution in [0.15, 0.2) is 41.5 Å². The minimum absolute atomic E-state index is 0.0309. The lowest BCUT2D eigenvalue weighted by Gasteiger charge is -2.70. The average molecular weight is 560 g/mol. The number of ketones is 1. The van der Waals surface area contributed by atoms with Gasteiger partial charge in [0.05, 0.1) is 11.5 Å². The van der Waals surface area contributed by atoms with Crippen LogP contribution in [0.4, 0.5) is 0 Å². The predicted molar refractivity (Wildman–Crippen MR) is 164 cm³/mol. The van der Waals surface area contributed by atoms with Crippen molar-refractivity contribution in [1.29, 1.82) is 0 Å². The summed E-state index contributed by atoms with van der Waals surface area (Å²) >= 11 is 0. The molecule has 0 radical (unpaired) electrons. The first-order valence-electron chi connectivity index (χ1n) is 16.4. The van der Waals surface area contributed by atoms with Gasteiger partial charge < -0.3 is 10.4 Å². The molecule has 4 heteroatoms. The molecule has 0 aromatic heterocycles. The summed E-state index contributed by atoms with van der Waals surface area (Å²) in [6.07, 6.45) is 9.05. The van der Waals surface area contributed by atoms with Crippen LogP contribution in [0.5, 0.6) is 0 Å². The van der Waals surface area contributed by atoms with Crippen molar-refractivity contribution >= 4 is 11.7 Å². The predicted octanol–water partition coefficient (Wildman–Crippen LogP) is 7.79. The molecule has 4 fully saturated rings. The number of aliphatic hydroxyl groups excluding tert-OH is 1. The van der Waals surface area contributed by atoms with E-state index in [1.165, 1.54) is 11.1 Å². The van der Waals surface area contributed by atoms with Gasteiger partial charge in [-0.1, -0.05) is 89.9 Å². The molecule has 0 spiro atoms. The average Bonchev–Trinajstić information content (AvgIpc) is 2.92. The van der Waals surface area contributed by atoms with Crippen molar-refractivity contribution in [3.8, 4) is 0 Å². The molecule has 0 aliphatic heterocycles. The number of carbonyl (C=O) groups excluding carboxylic acids is 2. The van der Waals surface area contributed by atoms with Gasteiger partial charge in [0.2, 0.25) is 5.91 Å². The van der Waals surface area contributed by atoms with Gasteiger partial charge in [0, 0.05) is 18.9 Å². The van der Waals surface area contributed by atoms with Crippen molar-refractivity contribution in [2.24, 2.45) is 44.3 Å². The highest BCUT2D eigenvalue weighted by Gasteiger charge is 2.69. The molecular formula is C37H53NO3. The topological polar surface area (TPSA) is 66.4 Å². The largest absolute Gasteiger partial charge is 0.393 e. The number of nitrogens with one attached hydrogen (secondary N) is 1. The lowest BCUT2D eigenvalue weighted by Crippen LogP contribution is -2.66. The SMILES string of the molecule is CC1(C)C2CC[C@]3(C)[C@H](C(=O)CC4=C5C[C@@](C)(C(=O)NCc6ccccc6)CC[C@]5(C)CC[C@]43C)[C@@]2(C)CC[C@@H]1O. The van der Waals surface area contributed by atoms with Crippen molar-refractivity contribution in [1.82, 2.24) is 5.32 Å². The molecule has 2 N–H and O–H groups in total. The summed E-state index contributed by atoms with van der Waals surface area (Å²) in [5.74, 6) is 0.963. The fourth-order valence-electron chi connectivity index (χ4n) is 11.3. The van der Waals surface area contributed by atoms with Crippen LogP contribution in [-0.2, 0) is 16.1 Å². The molecular weight excluding hydrogens is 506 g/mol. The first-order valence-corrected chi connectivity index (χ1v) is 16.4. The highest BCUT2D eigenvalue weighted by atomic mass is 16.3. The number of carbonyl (C=O) groups is 2. The molecule has 41 heavy (non-hydrogen) atoms. The molecule has 0 bridgehead atoms. The lowest BCUT2D eigenvalue weighted by atomic mass is 9.34. The van der Waals surface area contributed by atoms with Crippen LogP contribution < -0.4 is 5.32 Å². The standard InChI is InChI=1S/C37H53NO3/c1-32(2)28-13-16-37(7)30(35(28,5)15-14-29(32)40)27(39)21-25-26-22-34(4,18-17-33(26,3)19-20-36(25,37)6)31(41)38-23-24-11-9-8-10-12-24/h8-12,28-30,40H,13-23H2,1-7H3,(H,38,41)/t28?,29-,30+,33+,34-,35-,36+,37+/m0/s1. The summed E-state index contributed by atoms with van der Waals surface area (Å²) in [5, 5.41) is 14.2. The number of benzene rings is 1. The minimum Gasteiger partial charge on any atom is -0.393 e. The van der Waals surface area contributed by atoms with Crippen LogP contribution in [0.2, 0.25) is 0 Å². The number of allylic oxidation sites excluding steroid dienone is 2. The van der Waals surface area contributed by atoms with E-state index in [-0.39, 0.29) is 45.0 Å². The Morgan fingerprint density at radius 3 is 2.27 bits per heavy atom. The van der Waals surface area contributed by atoms with Gasteiger partial charge in [0.15, 0.2) is 0 Å². The fraction of sp³-hybridized carbons (Fsp3) is 0.730. The number of hydrogen-bond donors (Lipinski definition) is 2. The molecule has 4 nitrogen and oxygen atoms in total. The molecule has 0 heterocycles. The Kier molecular flexibility index (Phi) is 6.60. The smallest absolute Gasteiger partial charge is 0.226 e. The normalized spacial score (nSPS) is 45.2. The van der Waals surface area contributed by atoms with Gasteiger partial charge in [0.1, 0.15) is 5.78 Å². The fourth-order valence-corrected chi connectivity index (χ4v) is 11.3. The van der Waals surface area contributed by atoms with Crippen molar-refractivity contribution in [2.75, 3.05) is 0 Å². The van der Waals surface area contributed by atoms with Gasteiger partial charge in [-0.25, -0.2) is 0 Å². The molecule has 1 amide bonds. The Balaban J connectivity index is 1.36. The maximum absolute atomic E-state index is 14.5. The van der Waals surface area contributed by atoms with Gasteiger partial charge >= 0.3 is 0 Å². The van der Waals surface area contributed by atoms with E-state index in [0.717, 1.165) is 63.4 Å². The zero-order chi connectivity index (χ0) is 29.6. The number of rotatable bonds is 3. The summed E-state index contributed by atoms with van der Waals surface area (Å²) in [6, 6.07) is 10.2. The molecule has 5 aliphatic carbocycles. The monoisotopic (exact) mass is 559 g/mol. The van der Waals surface area contributed by atoms with Crippen molar-refractivity contribution < 1.29 is 14.7 Å². The second kappa shape index (κ2) is 9.28. The second-order valence-electron chi connectivity index (χ2n) is 16.7. The maximum atomic E-state index is 14.5. The van der Waals surface area contributed by atoms with E-state index in [2.05, 4.69) is 65.9 Å². The zero-order valence-electron chi connectivity index (χ0n) is 26.7. The van der Waals surface area contributed by atoms with Gasteiger partial charge in [0.25, 0.3) is 0 Å². The molecule has 0 saturated heterocycles. The van der Waals surface area contributed by atoms with E-state index in [4.69, 9.17) is 0 Å². The van der Waals surface area contributed by atoms with Gasteiger partial charge in [-0.3, -0.25) is 9.59 Å². The molecule has 8 atom stereocenters. The van der Waals surface area contributed by atoms with Crippen LogP contribution in [0.1, 0.15) is 118 Å². The number of amides is 1. The first kappa shape index (κ1) is 29.1. The number of fused-ring (bicyclic) bond motifs is 6. The summed E-state index contributed by atoms with van der Waals surface area (Å²) < 4.78 is 0. The Morgan fingerprint density at radius 1 is 0.878 bits per heavy atom. The summed E-state index contributed by atoms with van der Waals surface area (Å²) in [7, 11) is 0. The zero-order valence-corrected chi connectivity index (χ0v) is 26.7. The number of aliphatic hydroxyl groups is 1. The molecule has 6 rings (SSSR count). The first-order chi connectivity index (χ1) is 19.1. The summed E-state index contributed by atoms with van der Waals surface area (Å²) in [6.45, 7) is 16.9. The molecule has 1 aromatic rings. The third-order valence-electron chi connectivity index (χ3n) is 14.3. The number of hydrogen-bond acceptors (Lipinski definition) is 3. The Bertz CT molecular complexity index is 1280. The lowest BCUT2D eigenvalue weighted by molar-refractivity contribution is -0.203. The van der Waals surface area contributed by atoms with Crippen LogP contribution in [0.3, 0.4) is 0 Å². The molecule has 5 aliphatic rings. The van der Waals surface area contributed by atoms with Crippen LogP contribution in [0.25, 0.3) is 0 Å². The van der Waals surface area contributed by atoms with Crippen molar-refractivity contribution in [3.05, 3.63) is 47.0 Å². The Morgan fingerprint density at radius 2 is 1.56 bits per heavy atom. The minimum atomic E-state index is -0.456.